The minimum Gasteiger partial charge on any atom is -0.466 e. The number of sulfone groups is 1. The Morgan fingerprint density at radius 3 is 2.52 bits per heavy atom. The maximum absolute atomic E-state index is 12.5. The summed E-state index contributed by atoms with van der Waals surface area (Å²) in [7, 11) is -3.10. The Bertz CT molecular complexity index is 749. The predicted molar refractivity (Wildman–Crippen MR) is 92.1 cm³/mol. The topological polar surface area (TPSA) is 93.9 Å². The van der Waals surface area contributed by atoms with Gasteiger partial charge in [0.1, 0.15) is 17.1 Å². The summed E-state index contributed by atoms with van der Waals surface area (Å²) in [6.45, 7) is 7.30. The SMILES string of the molecule is Cc1cc(C(=O)OCC(=O)N(CC(C)C)C2CCS(=O)(=O)C2)c(C)o1. The Balaban J connectivity index is 2.02. The first-order valence-electron chi connectivity index (χ1n) is 8.33. The summed E-state index contributed by atoms with van der Waals surface area (Å²) in [4.78, 5) is 26.2. The van der Waals surface area contributed by atoms with Gasteiger partial charge in [-0.15, -0.1) is 0 Å². The Hall–Kier alpha value is -1.83. The molecule has 1 aliphatic rings. The molecule has 0 N–H and O–H groups in total. The number of esters is 1. The number of hydrogen-bond donors (Lipinski definition) is 0. The average Bonchev–Trinajstić information content (AvgIpc) is 3.03. The molecule has 1 amide bonds. The van der Waals surface area contributed by atoms with Crippen LogP contribution in [0.15, 0.2) is 10.5 Å². The van der Waals surface area contributed by atoms with E-state index in [9.17, 15) is 18.0 Å². The molecule has 2 heterocycles. The van der Waals surface area contributed by atoms with Crippen molar-refractivity contribution in [2.45, 2.75) is 40.2 Å². The molecule has 0 aromatic carbocycles. The van der Waals surface area contributed by atoms with Crippen molar-refractivity contribution in [1.29, 1.82) is 0 Å². The number of carbonyl (C=O) groups excluding carboxylic acids is 2. The highest BCUT2D eigenvalue weighted by atomic mass is 32.2. The van der Waals surface area contributed by atoms with Crippen molar-refractivity contribution in [3.05, 3.63) is 23.2 Å². The second-order valence-corrected chi connectivity index (χ2v) is 9.13. The van der Waals surface area contributed by atoms with Gasteiger partial charge >= 0.3 is 5.97 Å². The summed E-state index contributed by atoms with van der Waals surface area (Å²) in [6.07, 6.45) is 0.425. The summed E-state index contributed by atoms with van der Waals surface area (Å²) in [5, 5.41) is 0. The van der Waals surface area contributed by atoms with Gasteiger partial charge in [0.05, 0.1) is 11.5 Å². The largest absolute Gasteiger partial charge is 0.466 e. The van der Waals surface area contributed by atoms with E-state index in [-0.39, 0.29) is 29.4 Å². The summed E-state index contributed by atoms with van der Waals surface area (Å²) >= 11 is 0. The smallest absolute Gasteiger partial charge is 0.342 e. The number of nitrogens with zero attached hydrogens (tertiary/aromatic N) is 1. The molecule has 1 aromatic rings. The van der Waals surface area contributed by atoms with E-state index in [0.717, 1.165) is 0 Å². The van der Waals surface area contributed by atoms with Gasteiger partial charge in [-0.05, 0) is 32.3 Å². The molecule has 0 saturated carbocycles. The third kappa shape index (κ3) is 5.07. The third-order valence-corrected chi connectivity index (χ3v) is 5.87. The number of hydrogen-bond acceptors (Lipinski definition) is 6. The highest BCUT2D eigenvalue weighted by Gasteiger charge is 2.35. The van der Waals surface area contributed by atoms with E-state index >= 15 is 0 Å². The quantitative estimate of drug-likeness (QED) is 0.707. The fourth-order valence-electron chi connectivity index (χ4n) is 2.99. The molecular weight excluding hydrogens is 346 g/mol. The molecule has 1 aromatic heterocycles. The van der Waals surface area contributed by atoms with E-state index in [4.69, 9.17) is 9.15 Å². The average molecular weight is 371 g/mol. The highest BCUT2D eigenvalue weighted by Crippen LogP contribution is 2.20. The van der Waals surface area contributed by atoms with Crippen LogP contribution in [0.5, 0.6) is 0 Å². The van der Waals surface area contributed by atoms with Crippen molar-refractivity contribution in [3.63, 3.8) is 0 Å². The molecule has 0 spiro atoms. The van der Waals surface area contributed by atoms with E-state index < -0.39 is 22.4 Å². The fraction of sp³-hybridized carbons (Fsp3) is 0.647. The Morgan fingerprint density at radius 2 is 2.04 bits per heavy atom. The Kier molecular flexibility index (Phi) is 5.92. The minimum absolute atomic E-state index is 0.0283. The van der Waals surface area contributed by atoms with Gasteiger partial charge in [-0.1, -0.05) is 13.8 Å². The number of ether oxygens (including phenoxy) is 1. The standard InChI is InChI=1S/C17H25NO6S/c1-11(2)8-18(14-5-6-25(21,22)10-14)16(19)9-23-17(20)15-7-12(3)24-13(15)4/h7,11,14H,5-6,8-10H2,1-4H3. The van der Waals surface area contributed by atoms with Crippen molar-refractivity contribution in [2.75, 3.05) is 24.7 Å². The summed E-state index contributed by atoms with van der Waals surface area (Å²) in [5.41, 5.74) is 0.296. The van der Waals surface area contributed by atoms with Crippen LogP contribution in [-0.2, 0) is 19.4 Å². The van der Waals surface area contributed by atoms with Gasteiger partial charge in [0.25, 0.3) is 5.91 Å². The maximum atomic E-state index is 12.5. The van der Waals surface area contributed by atoms with Gasteiger partial charge in [-0.25, -0.2) is 13.2 Å². The van der Waals surface area contributed by atoms with E-state index in [0.29, 0.717) is 30.0 Å². The number of amides is 1. The minimum atomic E-state index is -3.10. The molecule has 0 bridgehead atoms. The number of aryl methyl sites for hydroxylation is 2. The lowest BCUT2D eigenvalue weighted by molar-refractivity contribution is -0.137. The van der Waals surface area contributed by atoms with Gasteiger partial charge < -0.3 is 14.1 Å². The third-order valence-electron chi connectivity index (χ3n) is 4.12. The van der Waals surface area contributed by atoms with E-state index in [1.165, 1.54) is 4.90 Å². The molecule has 0 radical (unpaired) electrons. The zero-order valence-corrected chi connectivity index (χ0v) is 15.9. The summed E-state index contributed by atoms with van der Waals surface area (Å²) < 4.78 is 33.8. The molecule has 1 saturated heterocycles. The molecule has 7 nitrogen and oxygen atoms in total. The van der Waals surface area contributed by atoms with Crippen LogP contribution >= 0.6 is 0 Å². The van der Waals surface area contributed by atoms with Crippen LogP contribution in [0, 0.1) is 19.8 Å². The number of carbonyl (C=O) groups is 2. The molecule has 25 heavy (non-hydrogen) atoms. The number of furan rings is 1. The molecule has 1 unspecified atom stereocenters. The second kappa shape index (κ2) is 7.59. The van der Waals surface area contributed by atoms with Crippen LogP contribution in [0.2, 0.25) is 0 Å². The lowest BCUT2D eigenvalue weighted by Crippen LogP contribution is -2.45. The van der Waals surface area contributed by atoms with Crippen molar-refractivity contribution in [1.82, 2.24) is 4.90 Å². The van der Waals surface area contributed by atoms with E-state index in [2.05, 4.69) is 0 Å². The molecule has 8 heteroatoms. The molecule has 0 aliphatic carbocycles. The molecular formula is C17H25NO6S. The van der Waals surface area contributed by atoms with Crippen LogP contribution in [0.4, 0.5) is 0 Å². The van der Waals surface area contributed by atoms with Gasteiger partial charge in [0, 0.05) is 12.6 Å². The van der Waals surface area contributed by atoms with Gasteiger partial charge in [-0.3, -0.25) is 4.79 Å². The van der Waals surface area contributed by atoms with Crippen LogP contribution in [0.25, 0.3) is 0 Å². The first kappa shape index (κ1) is 19.5. The number of rotatable bonds is 6. The first-order valence-corrected chi connectivity index (χ1v) is 10.1. The van der Waals surface area contributed by atoms with Crippen LogP contribution in [0.3, 0.4) is 0 Å². The zero-order chi connectivity index (χ0) is 18.8. The highest BCUT2D eigenvalue weighted by molar-refractivity contribution is 7.91. The van der Waals surface area contributed by atoms with Crippen molar-refractivity contribution >= 4 is 21.7 Å². The summed E-state index contributed by atoms with van der Waals surface area (Å²) in [6, 6.07) is 1.22. The second-order valence-electron chi connectivity index (χ2n) is 6.90. The Morgan fingerprint density at radius 1 is 1.36 bits per heavy atom. The van der Waals surface area contributed by atoms with Crippen LogP contribution in [-0.4, -0.2) is 55.9 Å². The lowest BCUT2D eigenvalue weighted by atomic mass is 10.1. The fourth-order valence-corrected chi connectivity index (χ4v) is 4.72. The van der Waals surface area contributed by atoms with Crippen LogP contribution < -0.4 is 0 Å². The van der Waals surface area contributed by atoms with E-state index in [1.807, 2.05) is 13.8 Å². The van der Waals surface area contributed by atoms with Crippen molar-refractivity contribution in [3.8, 4) is 0 Å². The zero-order valence-electron chi connectivity index (χ0n) is 15.1. The van der Waals surface area contributed by atoms with Crippen molar-refractivity contribution in [2.24, 2.45) is 5.92 Å². The van der Waals surface area contributed by atoms with Crippen molar-refractivity contribution < 1.29 is 27.2 Å². The molecule has 140 valence electrons. The molecule has 1 atom stereocenters. The molecule has 1 aliphatic heterocycles. The molecule has 2 rings (SSSR count). The van der Waals surface area contributed by atoms with Gasteiger partial charge in [-0.2, -0.15) is 0 Å². The van der Waals surface area contributed by atoms with Gasteiger partial charge in [0.15, 0.2) is 16.4 Å². The summed E-state index contributed by atoms with van der Waals surface area (Å²) in [5.74, 6) is 0.283. The predicted octanol–water partition coefficient (Wildman–Crippen LogP) is 1.72. The molecule has 1 fully saturated rings. The van der Waals surface area contributed by atoms with E-state index in [1.54, 1.807) is 19.9 Å². The maximum Gasteiger partial charge on any atom is 0.342 e. The lowest BCUT2D eigenvalue weighted by Gasteiger charge is -2.29. The van der Waals surface area contributed by atoms with Gasteiger partial charge in [0.2, 0.25) is 0 Å². The Labute approximate surface area is 148 Å². The first-order chi connectivity index (χ1) is 11.6. The monoisotopic (exact) mass is 371 g/mol. The van der Waals surface area contributed by atoms with Crippen LogP contribution in [0.1, 0.15) is 42.1 Å². The normalized spacial score (nSPS) is 19.2.